The van der Waals surface area contributed by atoms with Gasteiger partial charge in [-0.3, -0.25) is 0 Å². The molecule has 4 aromatic rings. The average molecular weight is 385 g/mol. The summed E-state index contributed by atoms with van der Waals surface area (Å²) in [7, 11) is 0. The van der Waals surface area contributed by atoms with Crippen LogP contribution in [-0.4, -0.2) is 49.7 Å². The molecule has 0 unspecified atom stereocenters. The Balaban J connectivity index is 1.36. The highest BCUT2D eigenvalue weighted by molar-refractivity contribution is 5.83. The maximum absolute atomic E-state index is 4.79. The molecule has 6 rings (SSSR count). The largest absolute Gasteiger partial charge is 0.368 e. The van der Waals surface area contributed by atoms with E-state index in [-0.39, 0.29) is 0 Å². The number of anilines is 1. The van der Waals surface area contributed by atoms with Crippen LogP contribution < -0.4 is 10.2 Å². The Bertz CT molecular complexity index is 1250. The van der Waals surface area contributed by atoms with Crippen LogP contribution in [0, 0.1) is 13.8 Å². The van der Waals surface area contributed by atoms with Crippen molar-refractivity contribution in [3.05, 3.63) is 47.9 Å². The first-order valence-electron chi connectivity index (χ1n) is 10.2. The first kappa shape index (κ1) is 16.9. The van der Waals surface area contributed by atoms with Crippen LogP contribution in [0.15, 0.2) is 36.7 Å². The van der Waals surface area contributed by atoms with Gasteiger partial charge in [-0.15, -0.1) is 0 Å². The van der Waals surface area contributed by atoms with Crippen molar-refractivity contribution < 1.29 is 0 Å². The molecule has 7 nitrogen and oxygen atoms in total. The van der Waals surface area contributed by atoms with Crippen molar-refractivity contribution in [2.24, 2.45) is 0 Å². The Kier molecular flexibility index (Phi) is 3.47. The van der Waals surface area contributed by atoms with Crippen LogP contribution in [0.2, 0.25) is 0 Å². The molecule has 1 aliphatic carbocycles. The van der Waals surface area contributed by atoms with E-state index in [9.17, 15) is 0 Å². The molecule has 1 aliphatic heterocycles. The molecule has 4 heterocycles. The number of hydrogen-bond donors (Lipinski definition) is 1. The van der Waals surface area contributed by atoms with E-state index in [0.29, 0.717) is 11.4 Å². The number of hydrogen-bond acceptors (Lipinski definition) is 6. The zero-order valence-electron chi connectivity index (χ0n) is 16.7. The van der Waals surface area contributed by atoms with Gasteiger partial charge in [-0.1, -0.05) is 0 Å². The number of fused-ring (bicyclic) bond motifs is 2. The molecule has 2 aliphatic rings. The van der Waals surface area contributed by atoms with Crippen LogP contribution in [0.5, 0.6) is 0 Å². The number of imidazole rings is 1. The van der Waals surface area contributed by atoms with Crippen molar-refractivity contribution in [3.8, 4) is 11.5 Å². The van der Waals surface area contributed by atoms with Crippen molar-refractivity contribution in [3.63, 3.8) is 0 Å². The van der Waals surface area contributed by atoms with Gasteiger partial charge in [0.25, 0.3) is 0 Å². The zero-order valence-corrected chi connectivity index (χ0v) is 16.7. The monoisotopic (exact) mass is 385 g/mol. The van der Waals surface area contributed by atoms with E-state index in [1.165, 1.54) is 18.5 Å². The van der Waals surface area contributed by atoms with Crippen LogP contribution in [0.25, 0.3) is 28.1 Å². The molecule has 2 fully saturated rings. The summed E-state index contributed by atoms with van der Waals surface area (Å²) in [5.41, 5.74) is 6.21. The summed E-state index contributed by atoms with van der Waals surface area (Å²) >= 11 is 0. The van der Waals surface area contributed by atoms with Gasteiger partial charge in [-0.2, -0.15) is 5.10 Å². The molecule has 29 heavy (non-hydrogen) atoms. The lowest BCUT2D eigenvalue weighted by Crippen LogP contribution is -2.52. The van der Waals surface area contributed by atoms with Crippen molar-refractivity contribution in [2.75, 3.05) is 24.5 Å². The highest BCUT2D eigenvalue weighted by atomic mass is 15.3. The van der Waals surface area contributed by atoms with Gasteiger partial charge in [0.05, 0.1) is 17.4 Å². The first-order valence-corrected chi connectivity index (χ1v) is 10.2. The van der Waals surface area contributed by atoms with E-state index >= 15 is 0 Å². The van der Waals surface area contributed by atoms with E-state index in [2.05, 4.69) is 43.5 Å². The van der Waals surface area contributed by atoms with Crippen molar-refractivity contribution in [1.82, 2.24) is 29.9 Å². The molecule has 0 radical (unpaired) electrons. The highest BCUT2D eigenvalue weighted by Gasteiger charge is 2.45. The van der Waals surface area contributed by atoms with E-state index in [1.807, 2.05) is 36.8 Å². The zero-order chi connectivity index (χ0) is 19.6. The molecule has 1 aromatic carbocycles. The Morgan fingerprint density at radius 2 is 2.00 bits per heavy atom. The van der Waals surface area contributed by atoms with E-state index in [0.717, 1.165) is 53.1 Å². The molecule has 7 heteroatoms. The van der Waals surface area contributed by atoms with Crippen LogP contribution in [0.3, 0.4) is 0 Å². The van der Waals surface area contributed by atoms with Gasteiger partial charge in [0.1, 0.15) is 5.69 Å². The topological polar surface area (TPSA) is 71.2 Å². The maximum atomic E-state index is 4.79. The number of nitrogens with one attached hydrogen (secondary N) is 1. The quantitative estimate of drug-likeness (QED) is 0.572. The molecule has 1 saturated carbocycles. The normalized spacial score (nSPS) is 18.1. The minimum absolute atomic E-state index is 0.363. The van der Waals surface area contributed by atoms with E-state index in [1.54, 1.807) is 0 Å². The Labute approximate surface area is 168 Å². The number of aryl methyl sites for hydroxylation is 2. The minimum Gasteiger partial charge on any atom is -0.368 e. The van der Waals surface area contributed by atoms with Crippen LogP contribution in [0.1, 0.15) is 24.1 Å². The molecule has 3 aromatic heterocycles. The second-order valence-corrected chi connectivity index (χ2v) is 8.43. The van der Waals surface area contributed by atoms with Crippen LogP contribution >= 0.6 is 0 Å². The lowest BCUT2D eigenvalue weighted by atomic mass is 10.1. The predicted molar refractivity (Wildman–Crippen MR) is 113 cm³/mol. The van der Waals surface area contributed by atoms with Crippen LogP contribution in [0.4, 0.5) is 5.69 Å². The smallest absolute Gasteiger partial charge is 0.180 e. The third kappa shape index (κ3) is 2.84. The second kappa shape index (κ2) is 5.97. The number of piperazine rings is 1. The van der Waals surface area contributed by atoms with Crippen molar-refractivity contribution >= 4 is 22.2 Å². The fourth-order valence-corrected chi connectivity index (χ4v) is 4.36. The molecule has 0 atom stereocenters. The van der Waals surface area contributed by atoms with Crippen molar-refractivity contribution in [1.29, 1.82) is 0 Å². The standard InChI is InChI=1S/C22H23N7/c1-14-9-19(27-29-12-15(2)25-21(14)29)20-23-11-16-10-17(3-4-18(16)26-20)28-8-7-24-22(13-28)5-6-22/h3-4,9-12,24H,5-8,13H2,1-2H3. The third-order valence-electron chi connectivity index (χ3n) is 6.12. The minimum atomic E-state index is 0.363. The number of rotatable bonds is 2. The van der Waals surface area contributed by atoms with E-state index in [4.69, 9.17) is 4.98 Å². The van der Waals surface area contributed by atoms with Crippen molar-refractivity contribution in [2.45, 2.75) is 32.2 Å². The molecule has 1 spiro atoms. The molecule has 1 N–H and O–H groups in total. The molecular formula is C22H23N7. The lowest BCUT2D eigenvalue weighted by Gasteiger charge is -2.35. The predicted octanol–water partition coefficient (Wildman–Crippen LogP) is 2.90. The summed E-state index contributed by atoms with van der Waals surface area (Å²) in [5, 5.41) is 9.39. The summed E-state index contributed by atoms with van der Waals surface area (Å²) in [6, 6.07) is 8.50. The Morgan fingerprint density at radius 1 is 1.10 bits per heavy atom. The SMILES string of the molecule is Cc1cn2nc(-c3ncc4cc(N5CCNC6(CC6)C5)ccc4n3)cc(C)c2n1. The Hall–Kier alpha value is -3.06. The fraction of sp³-hybridized carbons (Fsp3) is 0.364. The van der Waals surface area contributed by atoms with Gasteiger partial charge in [0, 0.05) is 42.4 Å². The lowest BCUT2D eigenvalue weighted by molar-refractivity contribution is 0.442. The van der Waals surface area contributed by atoms with Gasteiger partial charge in [-0.05, 0) is 56.5 Å². The number of nitrogens with zero attached hydrogens (tertiary/aromatic N) is 6. The third-order valence-corrected chi connectivity index (χ3v) is 6.12. The van der Waals surface area contributed by atoms with Gasteiger partial charge in [0.15, 0.2) is 11.5 Å². The number of aromatic nitrogens is 5. The second-order valence-electron chi connectivity index (χ2n) is 8.43. The molecule has 146 valence electrons. The number of benzene rings is 1. The van der Waals surface area contributed by atoms with Gasteiger partial charge < -0.3 is 10.2 Å². The Morgan fingerprint density at radius 3 is 2.86 bits per heavy atom. The molecular weight excluding hydrogens is 362 g/mol. The summed E-state index contributed by atoms with van der Waals surface area (Å²) < 4.78 is 1.81. The first-order chi connectivity index (χ1) is 14.1. The summed E-state index contributed by atoms with van der Waals surface area (Å²) in [5.74, 6) is 0.640. The van der Waals surface area contributed by atoms with Gasteiger partial charge in [-0.25, -0.2) is 19.5 Å². The average Bonchev–Trinajstić information content (AvgIpc) is 3.35. The van der Waals surface area contributed by atoms with Gasteiger partial charge in [0.2, 0.25) is 0 Å². The fourth-order valence-electron chi connectivity index (χ4n) is 4.36. The van der Waals surface area contributed by atoms with E-state index < -0.39 is 0 Å². The highest BCUT2D eigenvalue weighted by Crippen LogP contribution is 2.39. The summed E-state index contributed by atoms with van der Waals surface area (Å²) in [6.45, 7) is 7.20. The summed E-state index contributed by atoms with van der Waals surface area (Å²) in [6.07, 6.45) is 6.42. The van der Waals surface area contributed by atoms with Crippen LogP contribution in [-0.2, 0) is 0 Å². The molecule has 0 amide bonds. The molecule has 0 bridgehead atoms. The van der Waals surface area contributed by atoms with Gasteiger partial charge >= 0.3 is 0 Å². The molecule has 1 saturated heterocycles. The maximum Gasteiger partial charge on any atom is 0.180 e. The summed E-state index contributed by atoms with van der Waals surface area (Å²) in [4.78, 5) is 16.4.